The molecule has 1 N–H and O–H groups in total. The molecule has 0 saturated heterocycles. The van der Waals surface area contributed by atoms with Crippen molar-refractivity contribution in [3.8, 4) is 0 Å². The summed E-state index contributed by atoms with van der Waals surface area (Å²) in [5, 5.41) is 8.37. The van der Waals surface area contributed by atoms with Crippen LogP contribution in [-0.4, -0.2) is 15.7 Å². The standard InChI is InChI=1S/C17H17N3O/c1-12(13-6-4-3-5-7-13)18-17(21)14-8-9-15-11-20(2)19-16(15)10-14/h3-12H,1-2H3,(H,18,21). The second kappa shape index (κ2) is 5.40. The second-order valence-electron chi connectivity index (χ2n) is 5.18. The Hall–Kier alpha value is -2.62. The lowest BCUT2D eigenvalue weighted by atomic mass is 10.1. The SMILES string of the molecule is CC(NC(=O)c1ccc2cn(C)nc2c1)c1ccccc1. The highest BCUT2D eigenvalue weighted by Gasteiger charge is 2.12. The fourth-order valence-corrected chi connectivity index (χ4v) is 2.39. The summed E-state index contributed by atoms with van der Waals surface area (Å²) in [5.41, 5.74) is 2.55. The molecule has 0 aliphatic carbocycles. The monoisotopic (exact) mass is 279 g/mol. The number of benzene rings is 2. The first-order valence-electron chi connectivity index (χ1n) is 6.93. The van der Waals surface area contributed by atoms with Crippen molar-refractivity contribution in [1.82, 2.24) is 15.1 Å². The van der Waals surface area contributed by atoms with Crippen molar-refractivity contribution >= 4 is 16.8 Å². The lowest BCUT2D eigenvalue weighted by molar-refractivity contribution is 0.0940. The lowest BCUT2D eigenvalue weighted by Gasteiger charge is -2.14. The minimum Gasteiger partial charge on any atom is -0.346 e. The predicted molar refractivity (Wildman–Crippen MR) is 83.0 cm³/mol. The van der Waals surface area contributed by atoms with E-state index in [4.69, 9.17) is 0 Å². The number of aromatic nitrogens is 2. The zero-order valence-electron chi connectivity index (χ0n) is 12.1. The van der Waals surface area contributed by atoms with Gasteiger partial charge < -0.3 is 5.32 Å². The molecule has 1 amide bonds. The fraction of sp³-hybridized carbons (Fsp3) is 0.176. The number of aryl methyl sites for hydroxylation is 1. The van der Waals surface area contributed by atoms with Gasteiger partial charge in [-0.25, -0.2) is 0 Å². The van der Waals surface area contributed by atoms with E-state index >= 15 is 0 Å². The summed E-state index contributed by atoms with van der Waals surface area (Å²) in [4.78, 5) is 12.3. The van der Waals surface area contributed by atoms with Gasteiger partial charge in [0.05, 0.1) is 11.6 Å². The fourth-order valence-electron chi connectivity index (χ4n) is 2.39. The van der Waals surface area contributed by atoms with Gasteiger partial charge in [-0.05, 0) is 24.6 Å². The first kappa shape index (κ1) is 13.4. The molecule has 3 rings (SSSR count). The van der Waals surface area contributed by atoms with E-state index in [0.717, 1.165) is 16.5 Å². The predicted octanol–water partition coefficient (Wildman–Crippen LogP) is 3.06. The normalized spacial score (nSPS) is 12.3. The number of carbonyl (C=O) groups is 1. The van der Waals surface area contributed by atoms with Crippen LogP contribution in [0.25, 0.3) is 10.9 Å². The highest BCUT2D eigenvalue weighted by Crippen LogP contribution is 2.16. The molecule has 0 aliphatic rings. The minimum atomic E-state index is -0.0843. The van der Waals surface area contributed by atoms with E-state index in [0.29, 0.717) is 5.56 Å². The Balaban J connectivity index is 1.80. The summed E-state index contributed by atoms with van der Waals surface area (Å²) < 4.78 is 1.75. The third kappa shape index (κ3) is 2.79. The Morgan fingerprint density at radius 3 is 2.71 bits per heavy atom. The minimum absolute atomic E-state index is 0.0295. The largest absolute Gasteiger partial charge is 0.346 e. The van der Waals surface area contributed by atoms with Crippen molar-refractivity contribution in [2.45, 2.75) is 13.0 Å². The Labute approximate surface area is 123 Å². The summed E-state index contributed by atoms with van der Waals surface area (Å²) in [6, 6.07) is 15.5. The molecule has 106 valence electrons. The number of fused-ring (bicyclic) bond motifs is 1. The van der Waals surface area contributed by atoms with Gasteiger partial charge in [0, 0.05) is 24.2 Å². The molecule has 4 heteroatoms. The number of nitrogens with one attached hydrogen (secondary N) is 1. The molecule has 1 unspecified atom stereocenters. The number of carbonyl (C=O) groups excluding carboxylic acids is 1. The van der Waals surface area contributed by atoms with E-state index < -0.39 is 0 Å². The number of hydrogen-bond donors (Lipinski definition) is 1. The Kier molecular flexibility index (Phi) is 3.44. The molecule has 4 nitrogen and oxygen atoms in total. The lowest BCUT2D eigenvalue weighted by Crippen LogP contribution is -2.26. The molecule has 1 atom stereocenters. The summed E-state index contributed by atoms with van der Waals surface area (Å²) in [6.07, 6.45) is 1.93. The molecule has 1 heterocycles. The maximum Gasteiger partial charge on any atom is 0.251 e. The van der Waals surface area contributed by atoms with E-state index in [9.17, 15) is 4.79 Å². The first-order chi connectivity index (χ1) is 10.1. The van der Waals surface area contributed by atoms with E-state index in [2.05, 4.69) is 10.4 Å². The molecule has 0 saturated carbocycles. The quantitative estimate of drug-likeness (QED) is 0.801. The van der Waals surface area contributed by atoms with Crippen molar-refractivity contribution in [1.29, 1.82) is 0 Å². The molecular weight excluding hydrogens is 262 g/mol. The van der Waals surface area contributed by atoms with Crippen molar-refractivity contribution in [3.05, 3.63) is 65.9 Å². The maximum absolute atomic E-state index is 12.3. The molecule has 2 aromatic carbocycles. The van der Waals surface area contributed by atoms with Gasteiger partial charge in [-0.2, -0.15) is 5.10 Å². The van der Waals surface area contributed by atoms with Crippen LogP contribution in [0.2, 0.25) is 0 Å². The average molecular weight is 279 g/mol. The third-order valence-electron chi connectivity index (χ3n) is 3.53. The molecular formula is C17H17N3O. The van der Waals surface area contributed by atoms with Crippen molar-refractivity contribution < 1.29 is 4.79 Å². The topological polar surface area (TPSA) is 46.9 Å². The van der Waals surface area contributed by atoms with Crippen LogP contribution in [0.1, 0.15) is 28.9 Å². The highest BCUT2D eigenvalue weighted by atomic mass is 16.1. The van der Waals surface area contributed by atoms with Crippen LogP contribution in [0.3, 0.4) is 0 Å². The van der Waals surface area contributed by atoms with Crippen LogP contribution in [0.15, 0.2) is 54.7 Å². The summed E-state index contributed by atoms with van der Waals surface area (Å²) in [6.45, 7) is 1.98. The summed E-state index contributed by atoms with van der Waals surface area (Å²) in [7, 11) is 1.87. The smallest absolute Gasteiger partial charge is 0.251 e. The summed E-state index contributed by atoms with van der Waals surface area (Å²) >= 11 is 0. The third-order valence-corrected chi connectivity index (χ3v) is 3.53. The average Bonchev–Trinajstić information content (AvgIpc) is 2.87. The van der Waals surface area contributed by atoms with Gasteiger partial charge >= 0.3 is 0 Å². The Bertz CT molecular complexity index is 777. The number of nitrogens with zero attached hydrogens (tertiary/aromatic N) is 2. The molecule has 0 bridgehead atoms. The van der Waals surface area contributed by atoms with Crippen molar-refractivity contribution in [2.75, 3.05) is 0 Å². The zero-order valence-corrected chi connectivity index (χ0v) is 12.1. The molecule has 21 heavy (non-hydrogen) atoms. The van der Waals surface area contributed by atoms with Crippen molar-refractivity contribution in [3.63, 3.8) is 0 Å². The molecule has 0 radical (unpaired) electrons. The van der Waals surface area contributed by atoms with Crippen LogP contribution in [-0.2, 0) is 7.05 Å². The number of rotatable bonds is 3. The van der Waals surface area contributed by atoms with Gasteiger partial charge in [0.1, 0.15) is 0 Å². The van der Waals surface area contributed by atoms with Gasteiger partial charge in [-0.3, -0.25) is 9.48 Å². The highest BCUT2D eigenvalue weighted by molar-refractivity contribution is 5.97. The Morgan fingerprint density at radius 1 is 1.19 bits per heavy atom. The van der Waals surface area contributed by atoms with Gasteiger partial charge in [0.15, 0.2) is 0 Å². The molecule has 0 spiro atoms. The van der Waals surface area contributed by atoms with Gasteiger partial charge in [-0.15, -0.1) is 0 Å². The van der Waals surface area contributed by atoms with Crippen LogP contribution in [0.4, 0.5) is 0 Å². The van der Waals surface area contributed by atoms with Crippen LogP contribution < -0.4 is 5.32 Å². The molecule has 3 aromatic rings. The molecule has 0 aliphatic heterocycles. The summed E-state index contributed by atoms with van der Waals surface area (Å²) in [5.74, 6) is -0.0843. The van der Waals surface area contributed by atoms with Crippen LogP contribution in [0.5, 0.6) is 0 Å². The van der Waals surface area contributed by atoms with Gasteiger partial charge in [-0.1, -0.05) is 36.4 Å². The second-order valence-corrected chi connectivity index (χ2v) is 5.18. The van der Waals surface area contributed by atoms with E-state index in [1.807, 2.05) is 68.7 Å². The zero-order chi connectivity index (χ0) is 14.8. The first-order valence-corrected chi connectivity index (χ1v) is 6.93. The maximum atomic E-state index is 12.3. The Morgan fingerprint density at radius 2 is 1.95 bits per heavy atom. The number of hydrogen-bond acceptors (Lipinski definition) is 2. The van der Waals surface area contributed by atoms with Crippen molar-refractivity contribution in [2.24, 2.45) is 7.05 Å². The van der Waals surface area contributed by atoms with Gasteiger partial charge in [0.25, 0.3) is 5.91 Å². The van der Waals surface area contributed by atoms with Gasteiger partial charge in [0.2, 0.25) is 0 Å². The molecule has 0 fully saturated rings. The molecule has 1 aromatic heterocycles. The van der Waals surface area contributed by atoms with E-state index in [1.54, 1.807) is 4.68 Å². The number of amides is 1. The van der Waals surface area contributed by atoms with E-state index in [1.165, 1.54) is 0 Å². The van der Waals surface area contributed by atoms with E-state index in [-0.39, 0.29) is 11.9 Å². The van der Waals surface area contributed by atoms with Crippen LogP contribution in [0, 0.1) is 0 Å². The van der Waals surface area contributed by atoms with Crippen LogP contribution >= 0.6 is 0 Å².